The van der Waals surface area contributed by atoms with Crippen molar-refractivity contribution >= 4 is 32.5 Å². The molecule has 32 heavy (non-hydrogen) atoms. The first kappa shape index (κ1) is 24.0. The van der Waals surface area contributed by atoms with Crippen LogP contribution in [0.4, 0.5) is 5.69 Å². The predicted octanol–water partition coefficient (Wildman–Crippen LogP) is 3.89. The van der Waals surface area contributed by atoms with Crippen LogP contribution in [0.5, 0.6) is 0 Å². The number of sulfonamides is 1. The third-order valence-corrected chi connectivity index (χ3v) is 6.74. The Morgan fingerprint density at radius 3 is 2.44 bits per heavy atom. The zero-order valence-corrected chi connectivity index (χ0v) is 19.8. The van der Waals surface area contributed by atoms with Crippen LogP contribution >= 0.6 is 0 Å². The van der Waals surface area contributed by atoms with Gasteiger partial charge in [0, 0.05) is 49.4 Å². The number of methoxy groups -OCH3 is 1. The standard InChI is InChI=1S/C24H31N3O4S/c1-24(2,3)19-5-8-21(9-6-19)32(29,30)25-13-11-23(28)26-20-7-10-22-18(17-20)12-14-27(22)15-16-31-4/h5-10,12,14,17,25H,11,13,15-16H2,1-4H3,(H,26,28). The third kappa shape index (κ3) is 5.97. The summed E-state index contributed by atoms with van der Waals surface area (Å²) in [6.07, 6.45) is 2.02. The van der Waals surface area contributed by atoms with Gasteiger partial charge in [-0.1, -0.05) is 32.9 Å². The summed E-state index contributed by atoms with van der Waals surface area (Å²) in [6, 6.07) is 14.5. The Morgan fingerprint density at radius 1 is 1.06 bits per heavy atom. The van der Waals surface area contributed by atoms with E-state index in [1.165, 1.54) is 0 Å². The quantitative estimate of drug-likeness (QED) is 0.510. The van der Waals surface area contributed by atoms with E-state index in [4.69, 9.17) is 4.74 Å². The van der Waals surface area contributed by atoms with Crippen LogP contribution in [0.1, 0.15) is 32.8 Å². The lowest BCUT2D eigenvalue weighted by Gasteiger charge is -2.19. The van der Waals surface area contributed by atoms with Crippen LogP contribution in [0.25, 0.3) is 10.9 Å². The van der Waals surface area contributed by atoms with Crippen LogP contribution in [0.2, 0.25) is 0 Å². The number of anilines is 1. The lowest BCUT2D eigenvalue weighted by atomic mass is 9.87. The van der Waals surface area contributed by atoms with E-state index in [1.54, 1.807) is 19.2 Å². The Morgan fingerprint density at radius 2 is 1.78 bits per heavy atom. The molecule has 0 saturated carbocycles. The molecule has 3 rings (SSSR count). The first-order chi connectivity index (χ1) is 15.1. The molecule has 0 fully saturated rings. The number of amides is 1. The summed E-state index contributed by atoms with van der Waals surface area (Å²) < 4.78 is 34.7. The third-order valence-electron chi connectivity index (χ3n) is 5.27. The van der Waals surface area contributed by atoms with Crippen molar-refractivity contribution in [3.63, 3.8) is 0 Å². The molecule has 1 aromatic heterocycles. The second-order valence-electron chi connectivity index (χ2n) is 8.75. The Kier molecular flexibility index (Phi) is 7.38. The lowest BCUT2D eigenvalue weighted by molar-refractivity contribution is -0.116. The maximum atomic E-state index is 12.5. The monoisotopic (exact) mass is 457 g/mol. The highest BCUT2D eigenvalue weighted by atomic mass is 32.2. The maximum absolute atomic E-state index is 12.5. The fourth-order valence-corrected chi connectivity index (χ4v) is 4.43. The molecule has 0 spiro atoms. The summed E-state index contributed by atoms with van der Waals surface area (Å²) in [5, 5.41) is 3.84. The van der Waals surface area contributed by atoms with Gasteiger partial charge in [0.1, 0.15) is 0 Å². The second kappa shape index (κ2) is 9.85. The number of rotatable bonds is 9. The Labute approximate surface area is 189 Å². The summed E-state index contributed by atoms with van der Waals surface area (Å²) in [4.78, 5) is 12.5. The number of nitrogens with zero attached hydrogens (tertiary/aromatic N) is 1. The minimum absolute atomic E-state index is 0.0187. The van der Waals surface area contributed by atoms with Crippen molar-refractivity contribution in [3.8, 4) is 0 Å². The molecule has 172 valence electrons. The van der Waals surface area contributed by atoms with Gasteiger partial charge < -0.3 is 14.6 Å². The molecular weight excluding hydrogens is 426 g/mol. The van der Waals surface area contributed by atoms with Gasteiger partial charge in [-0.15, -0.1) is 0 Å². The molecule has 0 radical (unpaired) electrons. The van der Waals surface area contributed by atoms with Crippen LogP contribution in [-0.4, -0.2) is 39.2 Å². The summed E-state index contributed by atoms with van der Waals surface area (Å²) in [5.41, 5.74) is 2.74. The molecular formula is C24H31N3O4S. The summed E-state index contributed by atoms with van der Waals surface area (Å²) in [6.45, 7) is 7.61. The number of hydrogen-bond acceptors (Lipinski definition) is 4. The fraction of sp³-hybridized carbons (Fsp3) is 0.375. The Hall–Kier alpha value is -2.68. The van der Waals surface area contributed by atoms with Crippen LogP contribution < -0.4 is 10.0 Å². The molecule has 1 heterocycles. The SMILES string of the molecule is COCCn1ccc2cc(NC(=O)CCNS(=O)(=O)c3ccc(C(C)(C)C)cc3)ccc21. The van der Waals surface area contributed by atoms with Gasteiger partial charge in [0.05, 0.1) is 11.5 Å². The molecule has 7 nitrogen and oxygen atoms in total. The second-order valence-corrected chi connectivity index (χ2v) is 10.5. The highest BCUT2D eigenvalue weighted by Gasteiger charge is 2.17. The van der Waals surface area contributed by atoms with Crippen molar-refractivity contribution in [1.29, 1.82) is 0 Å². The highest BCUT2D eigenvalue weighted by Crippen LogP contribution is 2.23. The van der Waals surface area contributed by atoms with E-state index in [0.717, 1.165) is 23.0 Å². The molecule has 3 aromatic rings. The minimum atomic E-state index is -3.67. The van der Waals surface area contributed by atoms with Gasteiger partial charge in [0.15, 0.2) is 0 Å². The van der Waals surface area contributed by atoms with E-state index >= 15 is 0 Å². The number of carbonyl (C=O) groups is 1. The van der Waals surface area contributed by atoms with Crippen LogP contribution in [0.3, 0.4) is 0 Å². The van der Waals surface area contributed by atoms with Crippen molar-refractivity contribution in [3.05, 3.63) is 60.3 Å². The Bertz CT molecular complexity index is 1180. The summed E-state index contributed by atoms with van der Waals surface area (Å²) >= 11 is 0. The fourth-order valence-electron chi connectivity index (χ4n) is 3.40. The number of fused-ring (bicyclic) bond motifs is 1. The van der Waals surface area contributed by atoms with Gasteiger partial charge in [-0.05, 0) is 47.4 Å². The first-order valence-electron chi connectivity index (χ1n) is 10.6. The number of nitrogens with one attached hydrogen (secondary N) is 2. The smallest absolute Gasteiger partial charge is 0.240 e. The predicted molar refractivity (Wildman–Crippen MR) is 127 cm³/mol. The number of aromatic nitrogens is 1. The van der Waals surface area contributed by atoms with Gasteiger partial charge in [-0.2, -0.15) is 0 Å². The highest BCUT2D eigenvalue weighted by molar-refractivity contribution is 7.89. The largest absolute Gasteiger partial charge is 0.383 e. The lowest BCUT2D eigenvalue weighted by Crippen LogP contribution is -2.28. The molecule has 2 aromatic carbocycles. The number of hydrogen-bond donors (Lipinski definition) is 2. The first-order valence-corrected chi connectivity index (χ1v) is 12.1. The number of carbonyl (C=O) groups excluding carboxylic acids is 1. The molecule has 0 atom stereocenters. The van der Waals surface area contributed by atoms with E-state index in [2.05, 4.69) is 35.4 Å². The normalized spacial score (nSPS) is 12.2. The van der Waals surface area contributed by atoms with Gasteiger partial charge in [0.25, 0.3) is 0 Å². The van der Waals surface area contributed by atoms with Gasteiger partial charge in [-0.25, -0.2) is 13.1 Å². The average molecular weight is 458 g/mol. The van der Waals surface area contributed by atoms with Crippen molar-refractivity contribution < 1.29 is 17.9 Å². The van der Waals surface area contributed by atoms with E-state index in [0.29, 0.717) is 12.3 Å². The van der Waals surface area contributed by atoms with Crippen LogP contribution in [0.15, 0.2) is 59.6 Å². The Balaban J connectivity index is 1.54. The maximum Gasteiger partial charge on any atom is 0.240 e. The molecule has 0 aliphatic carbocycles. The minimum Gasteiger partial charge on any atom is -0.383 e. The zero-order valence-electron chi connectivity index (χ0n) is 19.0. The molecule has 2 N–H and O–H groups in total. The van der Waals surface area contributed by atoms with E-state index in [9.17, 15) is 13.2 Å². The van der Waals surface area contributed by atoms with Crippen molar-refractivity contribution in [2.24, 2.45) is 0 Å². The van der Waals surface area contributed by atoms with E-state index in [-0.39, 0.29) is 29.2 Å². The summed E-state index contributed by atoms with van der Waals surface area (Å²) in [5.74, 6) is -0.256. The van der Waals surface area contributed by atoms with Crippen LogP contribution in [0, 0.1) is 0 Å². The van der Waals surface area contributed by atoms with Gasteiger partial charge in [-0.3, -0.25) is 4.79 Å². The molecule has 0 unspecified atom stereocenters. The van der Waals surface area contributed by atoms with E-state index < -0.39 is 10.0 Å². The van der Waals surface area contributed by atoms with E-state index in [1.807, 2.05) is 42.6 Å². The number of ether oxygens (including phenoxy) is 1. The van der Waals surface area contributed by atoms with Gasteiger partial charge >= 0.3 is 0 Å². The molecule has 0 bridgehead atoms. The molecule has 1 amide bonds. The zero-order chi connectivity index (χ0) is 23.4. The van der Waals surface area contributed by atoms with Crippen molar-refractivity contribution in [2.45, 2.75) is 44.0 Å². The molecule has 0 saturated heterocycles. The molecule has 8 heteroatoms. The van der Waals surface area contributed by atoms with Crippen molar-refractivity contribution in [1.82, 2.24) is 9.29 Å². The topological polar surface area (TPSA) is 89.4 Å². The average Bonchev–Trinajstić information content (AvgIpc) is 3.13. The van der Waals surface area contributed by atoms with Crippen LogP contribution in [-0.2, 0) is 31.5 Å². The summed E-state index contributed by atoms with van der Waals surface area (Å²) in [7, 11) is -2.00. The molecule has 0 aliphatic heterocycles. The molecule has 0 aliphatic rings. The number of benzene rings is 2. The van der Waals surface area contributed by atoms with Crippen molar-refractivity contribution in [2.75, 3.05) is 25.6 Å². The van der Waals surface area contributed by atoms with Gasteiger partial charge in [0.2, 0.25) is 15.9 Å².